The molecule has 0 radical (unpaired) electrons. The van der Waals surface area contributed by atoms with Gasteiger partial charge in [0.1, 0.15) is 6.04 Å². The van der Waals surface area contributed by atoms with Gasteiger partial charge >= 0.3 is 0 Å². The zero-order valence-corrected chi connectivity index (χ0v) is 56.6. The summed E-state index contributed by atoms with van der Waals surface area (Å²) in [6.45, 7) is 51.1. The first-order valence-corrected chi connectivity index (χ1v) is 30.1. The zero-order chi connectivity index (χ0) is 64.7. The second kappa shape index (κ2) is 33.8. The van der Waals surface area contributed by atoms with Gasteiger partial charge in [-0.1, -0.05) is 125 Å². The molecule has 0 saturated carbocycles. The van der Waals surface area contributed by atoms with Gasteiger partial charge in [-0.3, -0.25) is 33.6 Å². The van der Waals surface area contributed by atoms with E-state index in [-0.39, 0.29) is 129 Å². The average Bonchev–Trinajstić information content (AvgIpc) is 3.35. The standard InChI is InChI=1S/C63H122N8O12/c1-44(2)51(76)68-34-60(17,18)43-82-62(21,22)35-67-48(73)27-54(5,6)37-80-40-57(11,12)33-69-53(78)46(71-50(75)28-55(7,8)38-79-39-56(9,10)30-64)25-26-47(72)65-31-58(13,14)41-81-61(19,20)29-49(74)66-32-59(15,16)42-83-63(23,24)36-70-52(77)45(3)4/h44-46H,25-43,64H2,1-24H3,(H,65,72)(H,66,74)(H,67,73)(H,68,76)(H,69,78)(H,70,77)(H,71,75)/t46-/m0/s1. The minimum absolute atomic E-state index is 0.00859. The molecule has 7 amide bonds. The Hall–Kier alpha value is -3.95. The first-order chi connectivity index (χ1) is 37.4. The zero-order valence-electron chi connectivity index (χ0n) is 56.6. The van der Waals surface area contributed by atoms with Gasteiger partial charge in [0.15, 0.2) is 0 Å². The Bertz CT molecular complexity index is 2040. The molecular formula is C63H122N8O12. The van der Waals surface area contributed by atoms with Gasteiger partial charge in [-0.2, -0.15) is 0 Å². The minimum Gasteiger partial charge on any atom is -0.380 e. The van der Waals surface area contributed by atoms with Gasteiger partial charge in [0.2, 0.25) is 41.4 Å². The molecule has 0 bridgehead atoms. The Morgan fingerprint density at radius 2 is 0.663 bits per heavy atom. The monoisotopic (exact) mass is 1180 g/mol. The molecule has 0 heterocycles. The van der Waals surface area contributed by atoms with Crippen LogP contribution in [0.15, 0.2) is 0 Å². The van der Waals surface area contributed by atoms with Crippen LogP contribution in [0, 0.1) is 49.7 Å². The lowest BCUT2D eigenvalue weighted by Crippen LogP contribution is -2.50. The average molecular weight is 1180 g/mol. The molecule has 20 heteroatoms. The van der Waals surface area contributed by atoms with Crippen LogP contribution in [0.25, 0.3) is 0 Å². The second-order valence-electron chi connectivity index (χ2n) is 31.5. The lowest BCUT2D eigenvalue weighted by molar-refractivity contribution is -0.132. The molecule has 0 aliphatic rings. The normalized spacial score (nSPS) is 13.8. The highest BCUT2D eigenvalue weighted by atomic mass is 16.5. The Labute approximate surface area is 502 Å². The maximum Gasteiger partial charge on any atom is 0.242 e. The van der Waals surface area contributed by atoms with Crippen molar-refractivity contribution in [2.45, 2.75) is 221 Å². The maximum atomic E-state index is 14.0. The summed E-state index contributed by atoms with van der Waals surface area (Å²) in [7, 11) is 0. The molecule has 0 spiro atoms. The summed E-state index contributed by atoms with van der Waals surface area (Å²) in [5.41, 5.74) is 0.777. The van der Waals surface area contributed by atoms with Gasteiger partial charge in [-0.15, -0.1) is 0 Å². The van der Waals surface area contributed by atoms with Gasteiger partial charge in [-0.25, -0.2) is 0 Å². The van der Waals surface area contributed by atoms with E-state index >= 15 is 0 Å². The molecule has 20 nitrogen and oxygen atoms in total. The summed E-state index contributed by atoms with van der Waals surface area (Å²) in [5, 5.41) is 20.8. The van der Waals surface area contributed by atoms with Crippen LogP contribution in [0.5, 0.6) is 0 Å². The fraction of sp³-hybridized carbons (Fsp3) is 0.889. The highest BCUT2D eigenvalue weighted by Crippen LogP contribution is 2.27. The highest BCUT2D eigenvalue weighted by Gasteiger charge is 2.34. The summed E-state index contributed by atoms with van der Waals surface area (Å²) in [6.07, 6.45) is 0.374. The van der Waals surface area contributed by atoms with Crippen molar-refractivity contribution in [2.24, 2.45) is 55.5 Å². The van der Waals surface area contributed by atoms with E-state index in [0.29, 0.717) is 59.2 Å². The topological polar surface area (TPSA) is 276 Å². The van der Waals surface area contributed by atoms with Crippen LogP contribution >= 0.6 is 0 Å². The minimum atomic E-state index is -1.02. The van der Waals surface area contributed by atoms with Gasteiger partial charge < -0.3 is 66.6 Å². The van der Waals surface area contributed by atoms with E-state index in [1.807, 2.05) is 166 Å². The molecule has 0 rings (SSSR count). The molecule has 9 N–H and O–H groups in total. The van der Waals surface area contributed by atoms with E-state index in [4.69, 9.17) is 29.4 Å². The van der Waals surface area contributed by atoms with Crippen LogP contribution < -0.4 is 43.0 Å². The van der Waals surface area contributed by atoms with E-state index in [2.05, 4.69) is 37.2 Å². The maximum absolute atomic E-state index is 14.0. The predicted octanol–water partition coefficient (Wildman–Crippen LogP) is 6.99. The van der Waals surface area contributed by atoms with Crippen molar-refractivity contribution >= 4 is 41.4 Å². The molecule has 0 aliphatic carbocycles. The summed E-state index contributed by atoms with van der Waals surface area (Å²) in [6, 6.07) is -1.02. The molecule has 0 aromatic rings. The summed E-state index contributed by atoms with van der Waals surface area (Å²) < 4.78 is 30.8. The lowest BCUT2D eigenvalue weighted by atomic mass is 9.89. The van der Waals surface area contributed by atoms with E-state index in [0.717, 1.165) is 0 Å². The quantitative estimate of drug-likeness (QED) is 0.0306. The number of carbonyl (C=O) groups excluding carboxylic acids is 7. The Balaban J connectivity index is 5.57. The molecule has 486 valence electrons. The first-order valence-electron chi connectivity index (χ1n) is 30.1. The SMILES string of the molecule is CC(C)C(=O)NCC(C)(C)COC(C)(C)CNC(=O)CC(C)(C)COCC(C)(C)CNC(=O)[C@H](CCC(=O)NCC(C)(C)COC(C)(C)CC(=O)NCC(C)(C)COC(C)(C)CNC(=O)C(C)C)NC(=O)CC(C)(C)COCC(C)(C)CN. The molecule has 0 aromatic heterocycles. The van der Waals surface area contributed by atoms with Crippen molar-refractivity contribution < 1.29 is 57.2 Å². The van der Waals surface area contributed by atoms with Crippen molar-refractivity contribution in [3.8, 4) is 0 Å². The Morgan fingerprint density at radius 3 is 1.10 bits per heavy atom. The second-order valence-corrected chi connectivity index (χ2v) is 31.5. The molecular weight excluding hydrogens is 1060 g/mol. The molecule has 83 heavy (non-hydrogen) atoms. The van der Waals surface area contributed by atoms with E-state index in [9.17, 15) is 33.6 Å². The summed E-state index contributed by atoms with van der Waals surface area (Å²) >= 11 is 0. The van der Waals surface area contributed by atoms with Crippen LogP contribution in [-0.2, 0) is 57.2 Å². The third-order valence-corrected chi connectivity index (χ3v) is 13.7. The number of hydrogen-bond donors (Lipinski definition) is 8. The van der Waals surface area contributed by atoms with Crippen LogP contribution in [0.3, 0.4) is 0 Å². The van der Waals surface area contributed by atoms with Crippen molar-refractivity contribution in [2.75, 3.05) is 92.1 Å². The lowest BCUT2D eigenvalue weighted by Gasteiger charge is -2.33. The highest BCUT2D eigenvalue weighted by molar-refractivity contribution is 5.88. The largest absolute Gasteiger partial charge is 0.380 e. The smallest absolute Gasteiger partial charge is 0.242 e. The number of nitrogens with two attached hydrogens (primary N) is 1. The van der Waals surface area contributed by atoms with Gasteiger partial charge in [0.25, 0.3) is 0 Å². The number of ether oxygens (including phenoxy) is 5. The third-order valence-electron chi connectivity index (χ3n) is 13.7. The molecule has 1 atom stereocenters. The number of rotatable bonds is 43. The number of hydrogen-bond acceptors (Lipinski definition) is 13. The van der Waals surface area contributed by atoms with Crippen molar-refractivity contribution in [1.29, 1.82) is 0 Å². The third kappa shape index (κ3) is 38.7. The van der Waals surface area contributed by atoms with Crippen molar-refractivity contribution in [3.05, 3.63) is 0 Å². The molecule has 0 unspecified atom stereocenters. The fourth-order valence-electron chi connectivity index (χ4n) is 7.63. The molecule has 0 fully saturated rings. The predicted molar refractivity (Wildman–Crippen MR) is 330 cm³/mol. The number of nitrogens with one attached hydrogen (secondary N) is 7. The first kappa shape index (κ1) is 79.0. The molecule has 0 aromatic carbocycles. The Kier molecular flexibility index (Phi) is 32.2. The number of amides is 7. The van der Waals surface area contributed by atoms with Crippen LogP contribution in [0.2, 0.25) is 0 Å². The van der Waals surface area contributed by atoms with Gasteiger partial charge in [-0.05, 0) is 65.3 Å². The van der Waals surface area contributed by atoms with Crippen LogP contribution in [-0.4, -0.2) is 156 Å². The Morgan fingerprint density at radius 1 is 0.349 bits per heavy atom. The van der Waals surface area contributed by atoms with Crippen LogP contribution in [0.4, 0.5) is 0 Å². The molecule has 0 saturated heterocycles. The van der Waals surface area contributed by atoms with E-state index < -0.39 is 50.4 Å². The fourth-order valence-corrected chi connectivity index (χ4v) is 7.63. The molecule has 0 aliphatic heterocycles. The van der Waals surface area contributed by atoms with Gasteiger partial charge in [0.05, 0.1) is 69.5 Å². The van der Waals surface area contributed by atoms with Gasteiger partial charge in [0, 0.05) is 97.4 Å². The van der Waals surface area contributed by atoms with Crippen molar-refractivity contribution in [3.63, 3.8) is 0 Å². The van der Waals surface area contributed by atoms with E-state index in [1.165, 1.54) is 0 Å². The van der Waals surface area contributed by atoms with Crippen molar-refractivity contribution in [1.82, 2.24) is 37.2 Å². The van der Waals surface area contributed by atoms with E-state index in [1.54, 1.807) is 0 Å². The van der Waals surface area contributed by atoms with Crippen LogP contribution in [0.1, 0.15) is 198 Å². The summed E-state index contributed by atoms with van der Waals surface area (Å²) in [5.74, 6) is -1.68. The summed E-state index contributed by atoms with van der Waals surface area (Å²) in [4.78, 5) is 91.6. The number of carbonyl (C=O) groups is 7.